The van der Waals surface area contributed by atoms with Crippen LogP contribution >= 0.6 is 11.6 Å². The molecule has 1 amide bonds. The van der Waals surface area contributed by atoms with Gasteiger partial charge in [0, 0.05) is 11.3 Å². The quantitative estimate of drug-likeness (QED) is 0.230. The number of hydrogen-bond acceptors (Lipinski definition) is 6. The molecule has 0 aromatic heterocycles. The monoisotopic (exact) mass is 533 g/mol. The molecule has 1 heterocycles. The Balaban J connectivity index is 1.87. The third-order valence-corrected chi connectivity index (χ3v) is 5.84. The summed E-state index contributed by atoms with van der Waals surface area (Å²) in [5.74, 6) is -2.87. The first-order chi connectivity index (χ1) is 17.5. The number of aromatic hydroxyl groups is 1. The number of carbonyl (C=O) groups excluding carboxylic acids is 2. The second kappa shape index (κ2) is 10.1. The molecular formula is C26H19ClF3NO6. The van der Waals surface area contributed by atoms with E-state index in [1.807, 2.05) is 0 Å². The fourth-order valence-corrected chi connectivity index (χ4v) is 4.17. The van der Waals surface area contributed by atoms with Gasteiger partial charge < -0.3 is 19.7 Å². The molecule has 192 valence electrons. The first kappa shape index (κ1) is 25.9. The number of ketones is 1. The van der Waals surface area contributed by atoms with E-state index >= 15 is 0 Å². The first-order valence-corrected chi connectivity index (χ1v) is 11.3. The zero-order valence-electron chi connectivity index (χ0n) is 19.1. The van der Waals surface area contributed by atoms with E-state index in [1.165, 1.54) is 48.5 Å². The van der Waals surface area contributed by atoms with Crippen LogP contribution in [0.3, 0.4) is 0 Å². The van der Waals surface area contributed by atoms with Crippen molar-refractivity contribution in [3.8, 4) is 17.2 Å². The zero-order valence-corrected chi connectivity index (χ0v) is 19.9. The first-order valence-electron chi connectivity index (χ1n) is 10.9. The maximum Gasteiger partial charge on any atom is 0.573 e. The van der Waals surface area contributed by atoms with Crippen molar-refractivity contribution in [1.29, 1.82) is 0 Å². The molecule has 0 saturated carbocycles. The normalized spacial score (nSPS) is 17.2. The van der Waals surface area contributed by atoms with Crippen LogP contribution in [0.15, 0.2) is 72.3 Å². The third-order valence-electron chi connectivity index (χ3n) is 5.51. The highest BCUT2D eigenvalue weighted by Crippen LogP contribution is 2.44. The number of phenolic OH excluding ortho intramolecular Hbond substituents is 1. The summed E-state index contributed by atoms with van der Waals surface area (Å²) in [4.78, 5) is 27.4. The molecule has 0 radical (unpaired) electrons. The minimum Gasteiger partial charge on any atom is -0.508 e. The van der Waals surface area contributed by atoms with E-state index in [1.54, 1.807) is 13.0 Å². The van der Waals surface area contributed by atoms with Gasteiger partial charge in [0.2, 0.25) is 0 Å². The number of aliphatic hydroxyl groups is 1. The lowest BCUT2D eigenvalue weighted by Gasteiger charge is -2.25. The van der Waals surface area contributed by atoms with Crippen LogP contribution in [0, 0.1) is 0 Å². The highest BCUT2D eigenvalue weighted by Gasteiger charge is 2.47. The number of alkyl halides is 3. The van der Waals surface area contributed by atoms with Crippen LogP contribution < -0.4 is 14.4 Å². The van der Waals surface area contributed by atoms with Gasteiger partial charge in [0.15, 0.2) is 0 Å². The zero-order chi connectivity index (χ0) is 26.9. The number of aliphatic hydroxyl groups excluding tert-OH is 1. The molecule has 0 spiro atoms. The van der Waals surface area contributed by atoms with Gasteiger partial charge in [-0.1, -0.05) is 23.7 Å². The number of rotatable bonds is 6. The molecule has 37 heavy (non-hydrogen) atoms. The van der Waals surface area contributed by atoms with Crippen molar-refractivity contribution in [1.82, 2.24) is 0 Å². The highest BCUT2D eigenvalue weighted by molar-refractivity contribution is 6.52. The second-order valence-corrected chi connectivity index (χ2v) is 8.28. The van der Waals surface area contributed by atoms with Crippen LogP contribution in [-0.2, 0) is 9.59 Å². The molecule has 1 aliphatic rings. The number of halogens is 4. The number of anilines is 1. The lowest BCUT2D eigenvalue weighted by molar-refractivity contribution is -0.274. The summed E-state index contributed by atoms with van der Waals surface area (Å²) in [6.45, 7) is 2.09. The lowest BCUT2D eigenvalue weighted by Crippen LogP contribution is -2.29. The van der Waals surface area contributed by atoms with Gasteiger partial charge >= 0.3 is 6.36 Å². The fraction of sp³-hybridized carbons (Fsp3) is 0.154. The van der Waals surface area contributed by atoms with E-state index in [9.17, 15) is 33.0 Å². The molecule has 1 atom stereocenters. The van der Waals surface area contributed by atoms with Crippen molar-refractivity contribution in [3.05, 3.63) is 88.5 Å². The summed E-state index contributed by atoms with van der Waals surface area (Å²) in [5, 5.41) is 21.1. The highest BCUT2D eigenvalue weighted by atomic mass is 35.5. The van der Waals surface area contributed by atoms with E-state index in [2.05, 4.69) is 4.74 Å². The predicted octanol–water partition coefficient (Wildman–Crippen LogP) is 5.97. The van der Waals surface area contributed by atoms with Gasteiger partial charge in [0.1, 0.15) is 23.0 Å². The maximum absolute atomic E-state index is 13.2. The van der Waals surface area contributed by atoms with E-state index in [0.717, 1.165) is 17.0 Å². The molecule has 0 aliphatic carbocycles. The molecule has 1 saturated heterocycles. The number of nitrogens with zero attached hydrogens (tertiary/aromatic N) is 1. The fourth-order valence-electron chi connectivity index (χ4n) is 3.97. The van der Waals surface area contributed by atoms with Crippen LogP contribution in [0.1, 0.15) is 24.1 Å². The van der Waals surface area contributed by atoms with Crippen LogP contribution in [0.5, 0.6) is 17.2 Å². The lowest BCUT2D eigenvalue weighted by atomic mass is 9.95. The maximum atomic E-state index is 13.2. The third kappa shape index (κ3) is 5.34. The molecule has 11 heteroatoms. The Morgan fingerprint density at radius 2 is 1.62 bits per heavy atom. The van der Waals surface area contributed by atoms with E-state index < -0.39 is 35.6 Å². The van der Waals surface area contributed by atoms with Crippen LogP contribution in [0.25, 0.3) is 5.76 Å². The van der Waals surface area contributed by atoms with Crippen LogP contribution in [-0.4, -0.2) is 34.9 Å². The van der Waals surface area contributed by atoms with Crippen LogP contribution in [0.2, 0.25) is 5.02 Å². The summed E-state index contributed by atoms with van der Waals surface area (Å²) in [6.07, 6.45) is -4.91. The predicted molar refractivity (Wildman–Crippen MR) is 129 cm³/mol. The molecule has 3 aromatic carbocycles. The van der Waals surface area contributed by atoms with Gasteiger partial charge in [-0.05, 0) is 67.1 Å². The molecule has 3 aromatic rings. The Morgan fingerprint density at radius 3 is 2.22 bits per heavy atom. The SMILES string of the molecule is CCOc1ccc(Cl)c(/C(O)=C2\C(=O)C(=O)N(c3ccc(OC(F)(F)F)cc3)C2c2ccc(O)cc2)c1. The van der Waals surface area contributed by atoms with Crippen molar-refractivity contribution in [3.63, 3.8) is 0 Å². The molecule has 0 bridgehead atoms. The summed E-state index contributed by atoms with van der Waals surface area (Å²) < 4.78 is 47.1. The van der Waals surface area contributed by atoms with E-state index in [4.69, 9.17) is 16.3 Å². The minimum atomic E-state index is -4.91. The smallest absolute Gasteiger partial charge is 0.508 e. The summed E-state index contributed by atoms with van der Waals surface area (Å²) >= 11 is 6.29. The Kier molecular flexibility index (Phi) is 7.04. The minimum absolute atomic E-state index is 0.0447. The van der Waals surface area contributed by atoms with Gasteiger partial charge in [-0.3, -0.25) is 14.5 Å². The van der Waals surface area contributed by atoms with Crippen molar-refractivity contribution in [2.45, 2.75) is 19.3 Å². The molecule has 4 rings (SSSR count). The molecule has 1 aliphatic heterocycles. The average molecular weight is 534 g/mol. The number of ether oxygens (including phenoxy) is 2. The van der Waals surface area contributed by atoms with Crippen molar-refractivity contribution in [2.24, 2.45) is 0 Å². The Hall–Kier alpha value is -4.18. The topological polar surface area (TPSA) is 96.3 Å². The van der Waals surface area contributed by atoms with Gasteiger partial charge in [-0.25, -0.2) is 0 Å². The van der Waals surface area contributed by atoms with Crippen LogP contribution in [0.4, 0.5) is 18.9 Å². The standard InChI is InChI=1S/C26H19ClF3NO6/c1-2-36-18-11-12-20(27)19(13-18)23(33)21-22(14-3-7-16(32)8-4-14)31(25(35)24(21)34)15-5-9-17(10-6-15)37-26(28,29)30/h3-13,22,32-33H,2H2,1H3/b23-21+. The second-order valence-electron chi connectivity index (χ2n) is 7.88. The Labute approximate surface area is 213 Å². The number of amides is 1. The Bertz CT molecular complexity index is 1370. The summed E-state index contributed by atoms with van der Waals surface area (Å²) in [6, 6.07) is 13.2. The molecular weight excluding hydrogens is 515 g/mol. The number of hydrogen-bond donors (Lipinski definition) is 2. The number of phenols is 1. The van der Waals surface area contributed by atoms with E-state index in [-0.39, 0.29) is 27.6 Å². The average Bonchev–Trinajstić information content (AvgIpc) is 3.10. The van der Waals surface area contributed by atoms with Gasteiger partial charge in [0.05, 0.1) is 23.2 Å². The largest absolute Gasteiger partial charge is 0.573 e. The van der Waals surface area contributed by atoms with Gasteiger partial charge in [-0.15, -0.1) is 13.2 Å². The van der Waals surface area contributed by atoms with Crippen molar-refractivity contribution in [2.75, 3.05) is 11.5 Å². The summed E-state index contributed by atoms with van der Waals surface area (Å²) in [5.41, 5.74) is 0.152. The van der Waals surface area contributed by atoms with Gasteiger partial charge in [0.25, 0.3) is 11.7 Å². The van der Waals surface area contributed by atoms with E-state index in [0.29, 0.717) is 17.9 Å². The molecule has 7 nitrogen and oxygen atoms in total. The molecule has 1 fully saturated rings. The molecule has 2 N–H and O–H groups in total. The van der Waals surface area contributed by atoms with Crippen molar-refractivity contribution < 1.29 is 42.4 Å². The van der Waals surface area contributed by atoms with Gasteiger partial charge in [-0.2, -0.15) is 0 Å². The number of benzene rings is 3. The number of Topliss-reactive ketones (excluding diaryl/α,β-unsaturated/α-hetero) is 1. The number of carbonyl (C=O) groups is 2. The Morgan fingerprint density at radius 1 is 1.00 bits per heavy atom. The summed E-state index contributed by atoms with van der Waals surface area (Å²) in [7, 11) is 0. The molecule has 1 unspecified atom stereocenters. The van der Waals surface area contributed by atoms with Crippen molar-refractivity contribution >= 4 is 34.7 Å².